The summed E-state index contributed by atoms with van der Waals surface area (Å²) in [7, 11) is 0. The molecule has 2 aromatic carbocycles. The topological polar surface area (TPSA) is 30.5 Å². The molecule has 0 amide bonds. The Morgan fingerprint density at radius 1 is 1.00 bits per heavy atom. The molecule has 0 aliphatic carbocycles. The molecule has 0 spiro atoms. The highest BCUT2D eigenvalue weighted by atomic mass is 35.5. The lowest BCUT2D eigenvalue weighted by Crippen LogP contribution is -2.50. The van der Waals surface area contributed by atoms with Crippen LogP contribution in [0.1, 0.15) is 11.1 Å². The molecule has 1 fully saturated rings. The maximum atomic E-state index is 12.7. The molecule has 1 N–H and O–H groups in total. The summed E-state index contributed by atoms with van der Waals surface area (Å²) < 4.78 is 48.0. The van der Waals surface area contributed by atoms with E-state index in [1.165, 1.54) is 12.1 Å². The van der Waals surface area contributed by atoms with Crippen LogP contribution in [0.4, 0.5) is 13.2 Å². The number of alkyl halides is 3. The minimum atomic E-state index is -4.77. The SMILES string of the molecule is Cc1ccc(-c2ccc(OC3CNC3)c(OC(F)(F)F)c2)c(C)c1.Cl. The lowest BCUT2D eigenvalue weighted by Gasteiger charge is -2.28. The molecule has 0 atom stereocenters. The molecule has 1 saturated heterocycles. The van der Waals surface area contributed by atoms with Gasteiger partial charge in [-0.3, -0.25) is 0 Å². The average molecular weight is 374 g/mol. The molecule has 25 heavy (non-hydrogen) atoms. The zero-order chi connectivity index (χ0) is 17.3. The van der Waals surface area contributed by atoms with Crippen molar-refractivity contribution >= 4 is 12.4 Å². The molecule has 0 radical (unpaired) electrons. The Bertz CT molecular complexity index is 746. The highest BCUT2D eigenvalue weighted by Crippen LogP contribution is 2.37. The maximum absolute atomic E-state index is 12.7. The van der Waals surface area contributed by atoms with Crippen LogP contribution in [0.3, 0.4) is 0 Å². The zero-order valence-electron chi connectivity index (χ0n) is 13.8. The monoisotopic (exact) mass is 373 g/mol. The number of aryl methyl sites for hydroxylation is 2. The smallest absolute Gasteiger partial charge is 0.484 e. The molecule has 0 unspecified atom stereocenters. The minimum absolute atomic E-state index is 0. The van der Waals surface area contributed by atoms with Crippen molar-refractivity contribution in [1.82, 2.24) is 5.32 Å². The van der Waals surface area contributed by atoms with Crippen LogP contribution in [0.2, 0.25) is 0 Å². The van der Waals surface area contributed by atoms with Gasteiger partial charge in [-0.15, -0.1) is 25.6 Å². The van der Waals surface area contributed by atoms with Crippen molar-refractivity contribution in [2.24, 2.45) is 0 Å². The van der Waals surface area contributed by atoms with E-state index in [0.717, 1.165) is 16.7 Å². The minimum Gasteiger partial charge on any atom is -0.484 e. The van der Waals surface area contributed by atoms with Gasteiger partial charge >= 0.3 is 6.36 Å². The predicted molar refractivity (Wildman–Crippen MR) is 92.6 cm³/mol. The van der Waals surface area contributed by atoms with Gasteiger partial charge in [0.25, 0.3) is 0 Å². The molecule has 3 rings (SSSR count). The maximum Gasteiger partial charge on any atom is 0.573 e. The van der Waals surface area contributed by atoms with Crippen LogP contribution in [0.5, 0.6) is 11.5 Å². The van der Waals surface area contributed by atoms with Crippen molar-refractivity contribution in [2.75, 3.05) is 13.1 Å². The van der Waals surface area contributed by atoms with Crippen molar-refractivity contribution < 1.29 is 22.6 Å². The summed E-state index contributed by atoms with van der Waals surface area (Å²) in [5, 5.41) is 3.01. The van der Waals surface area contributed by atoms with E-state index in [9.17, 15) is 13.2 Å². The summed E-state index contributed by atoms with van der Waals surface area (Å²) >= 11 is 0. The molecule has 7 heteroatoms. The molecule has 136 valence electrons. The third kappa shape index (κ3) is 4.80. The lowest BCUT2D eigenvalue weighted by molar-refractivity contribution is -0.275. The van der Waals surface area contributed by atoms with Crippen LogP contribution in [-0.4, -0.2) is 25.6 Å². The fourth-order valence-electron chi connectivity index (χ4n) is 2.64. The number of nitrogens with one attached hydrogen (secondary N) is 1. The molecule has 3 nitrogen and oxygen atoms in total. The summed E-state index contributed by atoms with van der Waals surface area (Å²) in [4.78, 5) is 0. The van der Waals surface area contributed by atoms with Crippen LogP contribution in [0, 0.1) is 13.8 Å². The number of hydrogen-bond donors (Lipinski definition) is 1. The van der Waals surface area contributed by atoms with Crippen molar-refractivity contribution in [1.29, 1.82) is 0 Å². The third-order valence-corrected chi connectivity index (χ3v) is 3.90. The van der Waals surface area contributed by atoms with E-state index in [1.807, 2.05) is 32.0 Å². The van der Waals surface area contributed by atoms with Gasteiger partial charge in [0.05, 0.1) is 0 Å². The Morgan fingerprint density at radius 2 is 1.72 bits per heavy atom. The zero-order valence-corrected chi connectivity index (χ0v) is 14.6. The van der Waals surface area contributed by atoms with Gasteiger partial charge in [-0.25, -0.2) is 0 Å². The first-order chi connectivity index (χ1) is 11.3. The van der Waals surface area contributed by atoms with E-state index >= 15 is 0 Å². The Kier molecular flexibility index (Phi) is 5.85. The molecular weight excluding hydrogens is 355 g/mol. The quantitative estimate of drug-likeness (QED) is 0.846. The highest BCUT2D eigenvalue weighted by Gasteiger charge is 2.33. The van der Waals surface area contributed by atoms with E-state index in [4.69, 9.17) is 4.74 Å². The second-order valence-electron chi connectivity index (χ2n) is 5.93. The molecule has 0 bridgehead atoms. The van der Waals surface area contributed by atoms with Gasteiger partial charge in [0.15, 0.2) is 11.5 Å². The molecule has 0 aromatic heterocycles. The lowest BCUT2D eigenvalue weighted by atomic mass is 9.98. The average Bonchev–Trinajstić information content (AvgIpc) is 2.42. The first kappa shape index (κ1) is 19.4. The van der Waals surface area contributed by atoms with Crippen LogP contribution >= 0.6 is 12.4 Å². The number of ether oxygens (including phenoxy) is 2. The van der Waals surface area contributed by atoms with Crippen LogP contribution in [-0.2, 0) is 0 Å². The largest absolute Gasteiger partial charge is 0.573 e. The van der Waals surface area contributed by atoms with E-state index in [1.54, 1.807) is 6.07 Å². The predicted octanol–water partition coefficient (Wildman–Crippen LogP) is 4.64. The Morgan fingerprint density at radius 3 is 2.28 bits per heavy atom. The van der Waals surface area contributed by atoms with E-state index < -0.39 is 6.36 Å². The highest BCUT2D eigenvalue weighted by molar-refractivity contribution is 5.85. The summed E-state index contributed by atoms with van der Waals surface area (Å²) in [5.41, 5.74) is 3.61. The molecule has 0 saturated carbocycles. The van der Waals surface area contributed by atoms with Crippen molar-refractivity contribution in [2.45, 2.75) is 26.3 Å². The van der Waals surface area contributed by atoms with Crippen molar-refractivity contribution in [3.8, 4) is 22.6 Å². The fraction of sp³-hybridized carbons (Fsp3) is 0.333. The first-order valence-corrected chi connectivity index (χ1v) is 7.66. The number of halogens is 4. The van der Waals surface area contributed by atoms with Crippen LogP contribution in [0.25, 0.3) is 11.1 Å². The Labute approximate surface area is 150 Å². The van der Waals surface area contributed by atoms with Gasteiger partial charge in [0, 0.05) is 13.1 Å². The van der Waals surface area contributed by atoms with Gasteiger partial charge in [0.1, 0.15) is 6.10 Å². The summed E-state index contributed by atoms with van der Waals surface area (Å²) in [6.45, 7) is 5.13. The van der Waals surface area contributed by atoms with E-state index in [2.05, 4.69) is 10.1 Å². The standard InChI is InChI=1S/C18H18F3NO2.ClH/c1-11-3-5-15(12(2)7-11)13-4-6-16(23-14-9-22-10-14)17(8-13)24-18(19,20)21;/h3-8,14,22H,9-10H2,1-2H3;1H. The van der Waals surface area contributed by atoms with Gasteiger partial charge < -0.3 is 14.8 Å². The van der Waals surface area contributed by atoms with Gasteiger partial charge in [-0.2, -0.15) is 0 Å². The van der Waals surface area contributed by atoms with Gasteiger partial charge in [0.2, 0.25) is 0 Å². The Balaban J connectivity index is 0.00000225. The fourth-order valence-corrected chi connectivity index (χ4v) is 2.64. The number of hydrogen-bond acceptors (Lipinski definition) is 3. The summed E-state index contributed by atoms with van der Waals surface area (Å²) in [6.07, 6.45) is -4.90. The van der Waals surface area contributed by atoms with Crippen molar-refractivity contribution in [3.63, 3.8) is 0 Å². The number of benzene rings is 2. The third-order valence-electron chi connectivity index (χ3n) is 3.90. The Hall–Kier alpha value is -1.92. The number of rotatable bonds is 4. The summed E-state index contributed by atoms with van der Waals surface area (Å²) in [5.74, 6) is -0.209. The van der Waals surface area contributed by atoms with E-state index in [0.29, 0.717) is 18.7 Å². The molecule has 1 heterocycles. The second kappa shape index (κ2) is 7.54. The molecule has 1 aliphatic heterocycles. The molecular formula is C18H19ClF3NO2. The van der Waals surface area contributed by atoms with Gasteiger partial charge in [-0.05, 0) is 42.7 Å². The van der Waals surface area contributed by atoms with Crippen LogP contribution < -0.4 is 14.8 Å². The summed E-state index contributed by atoms with van der Waals surface area (Å²) in [6, 6.07) is 10.5. The van der Waals surface area contributed by atoms with Gasteiger partial charge in [-0.1, -0.05) is 29.8 Å². The van der Waals surface area contributed by atoms with Crippen LogP contribution in [0.15, 0.2) is 36.4 Å². The van der Waals surface area contributed by atoms with E-state index in [-0.39, 0.29) is 30.0 Å². The molecule has 1 aliphatic rings. The second-order valence-corrected chi connectivity index (χ2v) is 5.93. The normalized spacial score (nSPS) is 14.4. The molecule has 2 aromatic rings. The first-order valence-electron chi connectivity index (χ1n) is 7.66. The van der Waals surface area contributed by atoms with Crippen molar-refractivity contribution in [3.05, 3.63) is 47.5 Å².